The number of carboxylic acids is 2. The molecule has 0 saturated heterocycles. The molecule has 13 heteroatoms. The van der Waals surface area contributed by atoms with E-state index in [0.29, 0.717) is 5.75 Å². The van der Waals surface area contributed by atoms with Crippen molar-refractivity contribution < 1.29 is 34.2 Å². The Labute approximate surface area is 211 Å². The molecule has 12 nitrogen and oxygen atoms in total. The van der Waals surface area contributed by atoms with E-state index >= 15 is 0 Å². The summed E-state index contributed by atoms with van der Waals surface area (Å²) in [5, 5.41) is 26.5. The van der Waals surface area contributed by atoms with Crippen molar-refractivity contribution in [3.8, 4) is 0 Å². The van der Waals surface area contributed by atoms with Gasteiger partial charge in [-0.1, -0.05) is 18.2 Å². The zero-order chi connectivity index (χ0) is 26.7. The maximum Gasteiger partial charge on any atom is 0.326 e. The maximum absolute atomic E-state index is 12.9. The summed E-state index contributed by atoms with van der Waals surface area (Å²) in [5.74, 6) is -3.81. The Morgan fingerprint density at radius 3 is 2.42 bits per heavy atom. The van der Waals surface area contributed by atoms with Gasteiger partial charge in [0.2, 0.25) is 17.7 Å². The Morgan fingerprint density at radius 1 is 1.03 bits per heavy atom. The number of nitrogens with two attached hydrogens (primary N) is 1. The zero-order valence-corrected chi connectivity index (χ0v) is 20.6. The average Bonchev–Trinajstić information content (AvgIpc) is 3.25. The number of hydrogen-bond donors (Lipinski definition) is 7. The summed E-state index contributed by atoms with van der Waals surface area (Å²) in [6, 6.07) is 4.06. The second-order valence-electron chi connectivity index (χ2n) is 8.12. The van der Waals surface area contributed by atoms with Gasteiger partial charge in [0, 0.05) is 29.9 Å². The van der Waals surface area contributed by atoms with E-state index in [1.54, 1.807) is 6.20 Å². The molecule has 196 valence electrons. The summed E-state index contributed by atoms with van der Waals surface area (Å²) < 4.78 is 0. The highest BCUT2D eigenvalue weighted by atomic mass is 32.2. The highest BCUT2D eigenvalue weighted by Crippen LogP contribution is 2.19. The molecule has 0 bridgehead atoms. The van der Waals surface area contributed by atoms with E-state index < -0.39 is 54.3 Å². The van der Waals surface area contributed by atoms with Crippen LogP contribution in [0.2, 0.25) is 0 Å². The molecule has 2 aromatic rings. The van der Waals surface area contributed by atoms with Crippen LogP contribution in [0.25, 0.3) is 10.9 Å². The second kappa shape index (κ2) is 14.1. The van der Waals surface area contributed by atoms with Crippen molar-refractivity contribution in [3.63, 3.8) is 0 Å². The van der Waals surface area contributed by atoms with Crippen molar-refractivity contribution in [1.82, 2.24) is 20.9 Å². The average molecular weight is 522 g/mol. The Hall–Kier alpha value is -3.58. The smallest absolute Gasteiger partial charge is 0.326 e. The number of H-pyrrole nitrogens is 1. The molecule has 0 radical (unpaired) electrons. The van der Waals surface area contributed by atoms with Crippen LogP contribution in [0.1, 0.15) is 24.8 Å². The molecule has 0 fully saturated rings. The molecule has 3 amide bonds. The van der Waals surface area contributed by atoms with E-state index in [4.69, 9.17) is 10.8 Å². The summed E-state index contributed by atoms with van der Waals surface area (Å²) in [6.07, 6.45) is 3.43. The molecular weight excluding hydrogens is 490 g/mol. The van der Waals surface area contributed by atoms with Crippen molar-refractivity contribution in [2.24, 2.45) is 5.73 Å². The third-order valence-corrected chi connectivity index (χ3v) is 6.05. The molecule has 1 aromatic heterocycles. The van der Waals surface area contributed by atoms with Gasteiger partial charge in [0.25, 0.3) is 0 Å². The van der Waals surface area contributed by atoms with E-state index in [1.807, 2.05) is 30.5 Å². The van der Waals surface area contributed by atoms with Gasteiger partial charge >= 0.3 is 11.9 Å². The number of aliphatic carboxylic acids is 2. The minimum absolute atomic E-state index is 0.0402. The number of benzene rings is 1. The van der Waals surface area contributed by atoms with Gasteiger partial charge in [-0.2, -0.15) is 11.8 Å². The number of rotatable bonds is 15. The monoisotopic (exact) mass is 521 g/mol. The van der Waals surface area contributed by atoms with Crippen molar-refractivity contribution in [3.05, 3.63) is 36.0 Å². The van der Waals surface area contributed by atoms with E-state index in [2.05, 4.69) is 20.9 Å². The Bertz CT molecular complexity index is 1090. The van der Waals surface area contributed by atoms with Crippen molar-refractivity contribution in [2.45, 2.75) is 43.8 Å². The molecule has 2 rings (SSSR count). The first-order chi connectivity index (χ1) is 17.1. The fourth-order valence-corrected chi connectivity index (χ4v) is 3.92. The number of aromatic amines is 1. The molecule has 0 aliphatic heterocycles. The van der Waals surface area contributed by atoms with Crippen molar-refractivity contribution >= 4 is 52.3 Å². The molecule has 8 N–H and O–H groups in total. The van der Waals surface area contributed by atoms with Crippen molar-refractivity contribution in [2.75, 3.05) is 18.6 Å². The number of carboxylic acid groups (broad SMARTS) is 2. The lowest BCUT2D eigenvalue weighted by Gasteiger charge is -2.21. The first kappa shape index (κ1) is 28.7. The molecule has 0 saturated carbocycles. The van der Waals surface area contributed by atoms with Gasteiger partial charge in [0.05, 0.1) is 12.6 Å². The highest BCUT2D eigenvalue weighted by molar-refractivity contribution is 7.98. The number of aromatic nitrogens is 1. The minimum atomic E-state index is -1.22. The summed E-state index contributed by atoms with van der Waals surface area (Å²) in [6.45, 7) is -0.472. The topological polar surface area (TPSA) is 204 Å². The third-order valence-electron chi connectivity index (χ3n) is 5.41. The Balaban J connectivity index is 1.98. The van der Waals surface area contributed by atoms with Crippen LogP contribution in [-0.4, -0.2) is 81.5 Å². The van der Waals surface area contributed by atoms with E-state index in [-0.39, 0.29) is 25.7 Å². The van der Waals surface area contributed by atoms with Crippen LogP contribution < -0.4 is 21.7 Å². The standard InChI is InChI=1S/C23H31N5O7S/c1-36-9-8-17(27-19(29)12-26-21(32)15(24)6-7-20(30)31)22(33)28-18(23(34)35)10-13-11-25-16-5-3-2-4-14(13)16/h2-5,11,15,17-18,25H,6-10,12,24H2,1H3,(H,26,32)(H,27,29)(H,28,33)(H,30,31)(H,34,35). The first-order valence-electron chi connectivity index (χ1n) is 11.2. The van der Waals surface area contributed by atoms with E-state index in [1.165, 1.54) is 11.8 Å². The van der Waals surface area contributed by atoms with Gasteiger partial charge < -0.3 is 36.9 Å². The van der Waals surface area contributed by atoms with Gasteiger partial charge in [-0.25, -0.2) is 4.79 Å². The summed E-state index contributed by atoms with van der Waals surface area (Å²) in [5.41, 5.74) is 7.18. The molecule has 1 aromatic carbocycles. The zero-order valence-electron chi connectivity index (χ0n) is 19.8. The van der Waals surface area contributed by atoms with Crippen LogP contribution in [0.15, 0.2) is 30.5 Å². The van der Waals surface area contributed by atoms with Crippen molar-refractivity contribution in [1.29, 1.82) is 0 Å². The molecule has 1 heterocycles. The van der Waals surface area contributed by atoms with Gasteiger partial charge in [0.15, 0.2) is 0 Å². The van der Waals surface area contributed by atoms with Crippen LogP contribution >= 0.6 is 11.8 Å². The number of para-hydroxylation sites is 1. The quantitative estimate of drug-likeness (QED) is 0.166. The molecule has 3 unspecified atom stereocenters. The lowest BCUT2D eigenvalue weighted by atomic mass is 10.0. The molecule has 36 heavy (non-hydrogen) atoms. The van der Waals surface area contributed by atoms with Gasteiger partial charge in [0.1, 0.15) is 12.1 Å². The molecule has 3 atom stereocenters. The predicted octanol–water partition coefficient (Wildman–Crippen LogP) is -0.174. The SMILES string of the molecule is CSCCC(NC(=O)CNC(=O)C(N)CCC(=O)O)C(=O)NC(Cc1c[nH]c2ccccc12)C(=O)O. The number of nitrogens with one attached hydrogen (secondary N) is 4. The summed E-state index contributed by atoms with van der Waals surface area (Å²) in [4.78, 5) is 62.8. The van der Waals surface area contributed by atoms with Gasteiger partial charge in [-0.05, 0) is 36.5 Å². The molecule has 0 aliphatic carbocycles. The number of thioether (sulfide) groups is 1. The molecular formula is C23H31N5O7S. The van der Waals surface area contributed by atoms with Crippen LogP contribution in [0.3, 0.4) is 0 Å². The fraction of sp³-hybridized carbons (Fsp3) is 0.435. The van der Waals surface area contributed by atoms with E-state index in [0.717, 1.165) is 16.5 Å². The normalized spacial score (nSPS) is 13.4. The van der Waals surface area contributed by atoms with Crippen LogP contribution in [-0.2, 0) is 30.4 Å². The highest BCUT2D eigenvalue weighted by Gasteiger charge is 2.27. The van der Waals surface area contributed by atoms with Crippen LogP contribution in [0, 0.1) is 0 Å². The third kappa shape index (κ3) is 8.89. The second-order valence-corrected chi connectivity index (χ2v) is 9.11. The largest absolute Gasteiger partial charge is 0.481 e. The molecule has 0 spiro atoms. The van der Waals surface area contributed by atoms with Gasteiger partial charge in [-0.3, -0.25) is 19.2 Å². The lowest BCUT2D eigenvalue weighted by molar-refractivity contribution is -0.142. The van der Waals surface area contributed by atoms with Crippen LogP contribution in [0.5, 0.6) is 0 Å². The number of carbonyl (C=O) groups is 5. The fourth-order valence-electron chi connectivity index (χ4n) is 3.45. The Morgan fingerprint density at radius 2 is 1.75 bits per heavy atom. The number of carbonyl (C=O) groups excluding carboxylic acids is 3. The lowest BCUT2D eigenvalue weighted by Crippen LogP contribution is -2.54. The number of amides is 3. The van der Waals surface area contributed by atoms with Crippen LogP contribution in [0.4, 0.5) is 0 Å². The predicted molar refractivity (Wildman–Crippen MR) is 134 cm³/mol. The Kier molecular flexibility index (Phi) is 11.2. The molecule has 0 aliphatic rings. The first-order valence-corrected chi connectivity index (χ1v) is 12.6. The van der Waals surface area contributed by atoms with Gasteiger partial charge in [-0.15, -0.1) is 0 Å². The number of hydrogen-bond acceptors (Lipinski definition) is 7. The minimum Gasteiger partial charge on any atom is -0.481 e. The number of fused-ring (bicyclic) bond motifs is 1. The maximum atomic E-state index is 12.9. The van der Waals surface area contributed by atoms with E-state index in [9.17, 15) is 29.1 Å². The summed E-state index contributed by atoms with van der Waals surface area (Å²) in [7, 11) is 0. The summed E-state index contributed by atoms with van der Waals surface area (Å²) >= 11 is 1.45.